The minimum Gasteiger partial charge on any atom is -0.207 e. The lowest BCUT2D eigenvalue weighted by molar-refractivity contribution is 0.378. The summed E-state index contributed by atoms with van der Waals surface area (Å²) in [6.07, 6.45) is 1.59. The van der Waals surface area contributed by atoms with E-state index in [9.17, 15) is 4.39 Å². The van der Waals surface area contributed by atoms with Crippen molar-refractivity contribution in [3.05, 3.63) is 69.9 Å². The Bertz CT molecular complexity index is 580. The zero-order chi connectivity index (χ0) is 15.3. The van der Waals surface area contributed by atoms with Gasteiger partial charge in [-0.3, -0.25) is 0 Å². The molecule has 21 heavy (non-hydrogen) atoms. The summed E-state index contributed by atoms with van der Waals surface area (Å²) in [5.74, 6) is -0.149. The standard InChI is InChI=1S/C17H16Br3F/c18-11-17(12-19,9-13-4-2-1-3-5-13)10-14-6-7-15(20)8-16(14)21/h1-8H,9-12H2. The van der Waals surface area contributed by atoms with Gasteiger partial charge in [0.25, 0.3) is 0 Å². The zero-order valence-electron chi connectivity index (χ0n) is 11.5. The Morgan fingerprint density at radius 2 is 1.57 bits per heavy atom. The maximum Gasteiger partial charge on any atom is 0.127 e. The summed E-state index contributed by atoms with van der Waals surface area (Å²) in [6.45, 7) is 0. The summed E-state index contributed by atoms with van der Waals surface area (Å²) >= 11 is 10.6. The van der Waals surface area contributed by atoms with Crippen LogP contribution in [0.25, 0.3) is 0 Å². The molecule has 0 amide bonds. The first-order valence-electron chi connectivity index (χ1n) is 6.68. The molecule has 2 aromatic carbocycles. The van der Waals surface area contributed by atoms with Crippen molar-refractivity contribution in [1.82, 2.24) is 0 Å². The van der Waals surface area contributed by atoms with Gasteiger partial charge in [0.2, 0.25) is 0 Å². The monoisotopic (exact) mass is 476 g/mol. The van der Waals surface area contributed by atoms with Gasteiger partial charge >= 0.3 is 0 Å². The zero-order valence-corrected chi connectivity index (χ0v) is 16.2. The van der Waals surface area contributed by atoms with E-state index in [1.807, 2.05) is 30.3 Å². The third-order valence-electron chi connectivity index (χ3n) is 3.57. The number of alkyl halides is 2. The fourth-order valence-electron chi connectivity index (χ4n) is 2.39. The third kappa shape index (κ3) is 4.64. The van der Waals surface area contributed by atoms with Crippen molar-refractivity contribution in [2.45, 2.75) is 12.8 Å². The van der Waals surface area contributed by atoms with Crippen molar-refractivity contribution in [2.75, 3.05) is 10.7 Å². The Morgan fingerprint density at radius 3 is 2.14 bits per heavy atom. The SMILES string of the molecule is Fc1cc(Br)ccc1CC(CBr)(CBr)Cc1ccccc1. The second kappa shape index (κ2) is 7.89. The van der Waals surface area contributed by atoms with Crippen LogP contribution in [0.1, 0.15) is 11.1 Å². The van der Waals surface area contributed by atoms with Crippen LogP contribution in [0.3, 0.4) is 0 Å². The average Bonchev–Trinajstić information content (AvgIpc) is 2.50. The number of hydrogen-bond acceptors (Lipinski definition) is 0. The van der Waals surface area contributed by atoms with Gasteiger partial charge in [0, 0.05) is 15.1 Å². The van der Waals surface area contributed by atoms with Gasteiger partial charge < -0.3 is 0 Å². The molecule has 0 nitrogen and oxygen atoms in total. The Kier molecular flexibility index (Phi) is 6.45. The van der Waals surface area contributed by atoms with E-state index in [1.54, 1.807) is 0 Å². The lowest BCUT2D eigenvalue weighted by atomic mass is 9.80. The van der Waals surface area contributed by atoms with Gasteiger partial charge in [-0.05, 0) is 41.5 Å². The molecule has 2 aromatic rings. The summed E-state index contributed by atoms with van der Waals surface area (Å²) in [5, 5.41) is 1.63. The van der Waals surface area contributed by atoms with Crippen LogP contribution in [-0.2, 0) is 12.8 Å². The van der Waals surface area contributed by atoms with Crippen LogP contribution in [0.2, 0.25) is 0 Å². The van der Waals surface area contributed by atoms with Gasteiger partial charge in [0.15, 0.2) is 0 Å². The molecule has 0 fully saturated rings. The van der Waals surface area contributed by atoms with Crippen molar-refractivity contribution >= 4 is 47.8 Å². The van der Waals surface area contributed by atoms with Gasteiger partial charge in [-0.2, -0.15) is 0 Å². The number of rotatable bonds is 6. The van der Waals surface area contributed by atoms with E-state index in [4.69, 9.17) is 0 Å². The van der Waals surface area contributed by atoms with Crippen LogP contribution in [0.5, 0.6) is 0 Å². The van der Waals surface area contributed by atoms with Gasteiger partial charge in [-0.15, -0.1) is 0 Å². The maximum atomic E-state index is 14.1. The molecule has 0 aliphatic carbocycles. The maximum absolute atomic E-state index is 14.1. The fourth-order valence-corrected chi connectivity index (χ4v) is 4.44. The Balaban J connectivity index is 2.25. The first-order valence-corrected chi connectivity index (χ1v) is 9.72. The minimum absolute atomic E-state index is 0.0456. The van der Waals surface area contributed by atoms with Gasteiger partial charge in [-0.25, -0.2) is 4.39 Å². The van der Waals surface area contributed by atoms with Crippen LogP contribution < -0.4 is 0 Å². The summed E-state index contributed by atoms with van der Waals surface area (Å²) in [4.78, 5) is 0. The van der Waals surface area contributed by atoms with E-state index >= 15 is 0 Å². The molecular weight excluding hydrogens is 463 g/mol. The molecule has 0 saturated carbocycles. The van der Waals surface area contributed by atoms with Crippen molar-refractivity contribution in [2.24, 2.45) is 5.41 Å². The topological polar surface area (TPSA) is 0 Å². The highest BCUT2D eigenvalue weighted by molar-refractivity contribution is 9.10. The lowest BCUT2D eigenvalue weighted by Crippen LogP contribution is -2.31. The largest absolute Gasteiger partial charge is 0.207 e. The molecule has 4 heteroatoms. The molecule has 0 radical (unpaired) electrons. The van der Waals surface area contributed by atoms with Crippen LogP contribution in [0.15, 0.2) is 53.0 Å². The molecule has 2 rings (SSSR count). The molecule has 0 unspecified atom stereocenters. The molecule has 0 aromatic heterocycles. The predicted octanol–water partition coefficient (Wildman–Crippen LogP) is 6.15. The van der Waals surface area contributed by atoms with Crippen LogP contribution >= 0.6 is 47.8 Å². The molecule has 112 valence electrons. The molecule has 0 N–H and O–H groups in total. The highest BCUT2D eigenvalue weighted by Crippen LogP contribution is 2.33. The van der Waals surface area contributed by atoms with Gasteiger partial charge in [0.05, 0.1) is 0 Å². The summed E-state index contributed by atoms with van der Waals surface area (Å²) in [5.41, 5.74) is 1.98. The summed E-state index contributed by atoms with van der Waals surface area (Å²) < 4.78 is 14.9. The first kappa shape index (κ1) is 17.2. The quantitative estimate of drug-likeness (QED) is 0.437. The van der Waals surface area contributed by atoms with E-state index < -0.39 is 0 Å². The highest BCUT2D eigenvalue weighted by Gasteiger charge is 2.29. The smallest absolute Gasteiger partial charge is 0.127 e. The van der Waals surface area contributed by atoms with E-state index in [0.717, 1.165) is 27.1 Å². The lowest BCUT2D eigenvalue weighted by Gasteiger charge is -2.30. The molecule has 0 bridgehead atoms. The van der Waals surface area contributed by atoms with E-state index in [-0.39, 0.29) is 11.2 Å². The number of benzene rings is 2. The van der Waals surface area contributed by atoms with Crippen LogP contribution in [0, 0.1) is 11.2 Å². The minimum atomic E-state index is -0.149. The van der Waals surface area contributed by atoms with Crippen molar-refractivity contribution in [3.8, 4) is 0 Å². The number of halogens is 4. The molecule has 0 heterocycles. The van der Waals surface area contributed by atoms with E-state index in [0.29, 0.717) is 6.42 Å². The summed E-state index contributed by atoms with van der Waals surface area (Å²) in [7, 11) is 0. The molecule has 0 atom stereocenters. The van der Waals surface area contributed by atoms with E-state index in [1.165, 1.54) is 11.6 Å². The van der Waals surface area contributed by atoms with E-state index in [2.05, 4.69) is 59.9 Å². The molecule has 0 saturated heterocycles. The van der Waals surface area contributed by atoms with Crippen LogP contribution in [0.4, 0.5) is 4.39 Å². The molecule has 0 spiro atoms. The van der Waals surface area contributed by atoms with Crippen molar-refractivity contribution in [3.63, 3.8) is 0 Å². The van der Waals surface area contributed by atoms with Crippen molar-refractivity contribution in [1.29, 1.82) is 0 Å². The Hall–Kier alpha value is -0.190. The van der Waals surface area contributed by atoms with Crippen LogP contribution in [-0.4, -0.2) is 10.7 Å². The molecule has 0 aliphatic heterocycles. The third-order valence-corrected chi connectivity index (χ3v) is 6.44. The van der Waals surface area contributed by atoms with Gasteiger partial charge in [-0.1, -0.05) is 84.2 Å². The average molecular weight is 479 g/mol. The molecular formula is C17H16Br3F. The second-order valence-corrected chi connectivity index (χ2v) is 7.38. The Morgan fingerprint density at radius 1 is 0.905 bits per heavy atom. The first-order chi connectivity index (χ1) is 10.1. The van der Waals surface area contributed by atoms with Gasteiger partial charge in [0.1, 0.15) is 5.82 Å². The van der Waals surface area contributed by atoms with Crippen molar-refractivity contribution < 1.29 is 4.39 Å². The predicted molar refractivity (Wildman–Crippen MR) is 98.0 cm³/mol. The highest BCUT2D eigenvalue weighted by atomic mass is 79.9. The number of hydrogen-bond donors (Lipinski definition) is 0. The Labute approximate surface area is 150 Å². The second-order valence-electron chi connectivity index (χ2n) is 5.34. The fraction of sp³-hybridized carbons (Fsp3) is 0.294. The molecule has 0 aliphatic rings. The normalized spacial score (nSPS) is 11.6. The summed E-state index contributed by atoms with van der Waals surface area (Å²) in [6, 6.07) is 15.6.